The summed E-state index contributed by atoms with van der Waals surface area (Å²) in [7, 11) is 0. The van der Waals surface area contributed by atoms with E-state index < -0.39 is 0 Å². The first kappa shape index (κ1) is 12.2. The van der Waals surface area contributed by atoms with Crippen LogP contribution in [-0.2, 0) is 4.74 Å². The molecule has 0 spiro atoms. The topological polar surface area (TPSA) is 21.3 Å². The van der Waals surface area contributed by atoms with Gasteiger partial charge >= 0.3 is 0 Å². The van der Waals surface area contributed by atoms with Crippen LogP contribution in [0.5, 0.6) is 0 Å². The van der Waals surface area contributed by atoms with Crippen molar-refractivity contribution < 1.29 is 4.74 Å². The third kappa shape index (κ3) is 2.30. The Bertz CT molecular complexity index is 483. The van der Waals surface area contributed by atoms with Crippen LogP contribution in [0.15, 0.2) is 30.3 Å². The van der Waals surface area contributed by atoms with Crippen molar-refractivity contribution >= 4 is 21.4 Å². The van der Waals surface area contributed by atoms with E-state index in [1.54, 1.807) is 0 Å². The highest BCUT2D eigenvalue weighted by molar-refractivity contribution is 7.19. The maximum absolute atomic E-state index is 5.54. The summed E-state index contributed by atoms with van der Waals surface area (Å²) < 4.78 is 6.93. The van der Waals surface area contributed by atoms with Crippen LogP contribution in [0.3, 0.4) is 0 Å². The molecular weight excluding hydrogens is 242 g/mol. The van der Waals surface area contributed by atoms with Crippen molar-refractivity contribution in [3.8, 4) is 0 Å². The molecule has 3 heteroatoms. The van der Waals surface area contributed by atoms with Crippen LogP contribution in [0, 0.1) is 5.92 Å². The molecule has 1 aliphatic heterocycles. The minimum atomic E-state index is 0.454. The zero-order chi connectivity index (χ0) is 12.4. The van der Waals surface area contributed by atoms with E-state index in [0.717, 1.165) is 19.8 Å². The SMILES string of the molecule is CCNC(c1cc2ccccc2s1)C1CCOC1. The van der Waals surface area contributed by atoms with Crippen LogP contribution in [0.2, 0.25) is 0 Å². The van der Waals surface area contributed by atoms with Gasteiger partial charge in [-0.25, -0.2) is 0 Å². The maximum atomic E-state index is 5.54. The van der Waals surface area contributed by atoms with Crippen LogP contribution < -0.4 is 5.32 Å². The standard InChI is InChI=1S/C15H19NOS/c1-2-16-15(12-7-8-17-10-12)14-9-11-5-3-4-6-13(11)18-14/h3-6,9,12,15-16H,2,7-8,10H2,1H3. The Morgan fingerprint density at radius 1 is 1.44 bits per heavy atom. The van der Waals surface area contributed by atoms with Gasteiger partial charge in [-0.1, -0.05) is 25.1 Å². The Kier molecular flexibility index (Phi) is 3.64. The molecule has 0 amide bonds. The second-order valence-corrected chi connectivity index (χ2v) is 5.96. The summed E-state index contributed by atoms with van der Waals surface area (Å²) in [6.45, 7) is 4.99. The van der Waals surface area contributed by atoms with Crippen molar-refractivity contribution in [3.05, 3.63) is 35.2 Å². The third-order valence-corrected chi connectivity index (χ3v) is 4.81. The molecule has 1 saturated heterocycles. The summed E-state index contributed by atoms with van der Waals surface area (Å²) in [4.78, 5) is 1.45. The lowest BCUT2D eigenvalue weighted by atomic mass is 9.97. The quantitative estimate of drug-likeness (QED) is 0.908. The number of hydrogen-bond donors (Lipinski definition) is 1. The van der Waals surface area contributed by atoms with Gasteiger partial charge in [0.05, 0.1) is 6.61 Å². The Labute approximate surface area is 112 Å². The lowest BCUT2D eigenvalue weighted by Crippen LogP contribution is -2.27. The third-order valence-electron chi connectivity index (χ3n) is 3.61. The molecule has 2 unspecified atom stereocenters. The molecule has 2 nitrogen and oxygen atoms in total. The lowest BCUT2D eigenvalue weighted by Gasteiger charge is -2.21. The molecule has 1 aromatic carbocycles. The van der Waals surface area contributed by atoms with Gasteiger partial charge in [0.25, 0.3) is 0 Å². The van der Waals surface area contributed by atoms with E-state index in [9.17, 15) is 0 Å². The number of nitrogens with one attached hydrogen (secondary N) is 1. The number of hydrogen-bond acceptors (Lipinski definition) is 3. The molecule has 2 aromatic rings. The Morgan fingerprint density at radius 3 is 3.06 bits per heavy atom. The summed E-state index contributed by atoms with van der Waals surface area (Å²) in [5.74, 6) is 0.623. The van der Waals surface area contributed by atoms with Crippen molar-refractivity contribution in [1.29, 1.82) is 0 Å². The van der Waals surface area contributed by atoms with Gasteiger partial charge in [0.2, 0.25) is 0 Å². The van der Waals surface area contributed by atoms with E-state index in [1.807, 2.05) is 11.3 Å². The van der Waals surface area contributed by atoms with Crippen LogP contribution in [0.4, 0.5) is 0 Å². The molecule has 1 aromatic heterocycles. The molecule has 0 saturated carbocycles. The molecule has 1 N–H and O–H groups in total. The van der Waals surface area contributed by atoms with Crippen LogP contribution >= 0.6 is 11.3 Å². The highest BCUT2D eigenvalue weighted by Crippen LogP contribution is 2.36. The smallest absolute Gasteiger partial charge is 0.0513 e. The fraction of sp³-hybridized carbons (Fsp3) is 0.467. The van der Waals surface area contributed by atoms with Gasteiger partial charge in [0.15, 0.2) is 0 Å². The summed E-state index contributed by atoms with van der Waals surface area (Å²) in [6, 6.07) is 11.4. The minimum absolute atomic E-state index is 0.454. The van der Waals surface area contributed by atoms with E-state index in [4.69, 9.17) is 4.74 Å². The maximum Gasteiger partial charge on any atom is 0.0513 e. The van der Waals surface area contributed by atoms with E-state index in [0.29, 0.717) is 12.0 Å². The summed E-state index contributed by atoms with van der Waals surface area (Å²) >= 11 is 1.91. The van der Waals surface area contributed by atoms with Crippen molar-refractivity contribution in [2.24, 2.45) is 5.92 Å². The molecule has 0 radical (unpaired) electrons. The average Bonchev–Trinajstić information content (AvgIpc) is 3.04. The zero-order valence-corrected chi connectivity index (χ0v) is 11.5. The number of fused-ring (bicyclic) bond motifs is 1. The first-order valence-corrected chi connectivity index (χ1v) is 7.49. The van der Waals surface area contributed by atoms with Crippen LogP contribution in [0.25, 0.3) is 10.1 Å². The fourth-order valence-electron chi connectivity index (χ4n) is 2.69. The molecule has 3 rings (SSSR count). The Balaban J connectivity index is 1.92. The van der Waals surface area contributed by atoms with Gasteiger partial charge in [-0.3, -0.25) is 0 Å². The predicted molar refractivity (Wildman–Crippen MR) is 77.2 cm³/mol. The largest absolute Gasteiger partial charge is 0.381 e. The second kappa shape index (κ2) is 5.39. The normalized spacial score (nSPS) is 21.5. The Hall–Kier alpha value is -0.900. The average molecular weight is 261 g/mol. The molecule has 18 heavy (non-hydrogen) atoms. The molecule has 1 aliphatic rings. The molecule has 96 valence electrons. The summed E-state index contributed by atoms with van der Waals surface area (Å²) in [5, 5.41) is 4.99. The van der Waals surface area contributed by atoms with Crippen molar-refractivity contribution in [1.82, 2.24) is 5.32 Å². The van der Waals surface area contributed by atoms with Crippen molar-refractivity contribution in [2.75, 3.05) is 19.8 Å². The number of rotatable bonds is 4. The summed E-state index contributed by atoms with van der Waals surface area (Å²) in [6.07, 6.45) is 1.17. The highest BCUT2D eigenvalue weighted by atomic mass is 32.1. The number of benzene rings is 1. The zero-order valence-electron chi connectivity index (χ0n) is 10.7. The Morgan fingerprint density at radius 2 is 2.33 bits per heavy atom. The predicted octanol–water partition coefficient (Wildman–Crippen LogP) is 3.59. The first-order valence-electron chi connectivity index (χ1n) is 6.68. The van der Waals surface area contributed by atoms with Crippen LogP contribution in [0.1, 0.15) is 24.3 Å². The van der Waals surface area contributed by atoms with E-state index >= 15 is 0 Å². The summed E-state index contributed by atoms with van der Waals surface area (Å²) in [5.41, 5.74) is 0. The number of ether oxygens (including phenoxy) is 1. The van der Waals surface area contributed by atoms with Crippen molar-refractivity contribution in [2.45, 2.75) is 19.4 Å². The van der Waals surface area contributed by atoms with E-state index in [2.05, 4.69) is 42.6 Å². The minimum Gasteiger partial charge on any atom is -0.381 e. The first-order chi connectivity index (χ1) is 8.88. The molecular formula is C15H19NOS. The fourth-order valence-corrected chi connectivity index (χ4v) is 3.92. The lowest BCUT2D eigenvalue weighted by molar-refractivity contribution is 0.177. The van der Waals surface area contributed by atoms with Gasteiger partial charge in [0.1, 0.15) is 0 Å². The monoisotopic (exact) mass is 261 g/mol. The van der Waals surface area contributed by atoms with Gasteiger partial charge in [0, 0.05) is 28.1 Å². The molecule has 2 heterocycles. The second-order valence-electron chi connectivity index (χ2n) is 4.85. The van der Waals surface area contributed by atoms with Crippen LogP contribution in [-0.4, -0.2) is 19.8 Å². The van der Waals surface area contributed by atoms with E-state index in [1.165, 1.54) is 21.4 Å². The van der Waals surface area contributed by atoms with Gasteiger partial charge in [-0.05, 0) is 30.5 Å². The molecule has 0 bridgehead atoms. The van der Waals surface area contributed by atoms with Crippen molar-refractivity contribution in [3.63, 3.8) is 0 Å². The number of thiophene rings is 1. The molecule has 2 atom stereocenters. The van der Waals surface area contributed by atoms with Gasteiger partial charge in [-0.15, -0.1) is 11.3 Å². The van der Waals surface area contributed by atoms with E-state index in [-0.39, 0.29) is 0 Å². The highest BCUT2D eigenvalue weighted by Gasteiger charge is 2.27. The molecule has 0 aliphatic carbocycles. The van der Waals surface area contributed by atoms with Gasteiger partial charge in [-0.2, -0.15) is 0 Å². The molecule has 1 fully saturated rings. The van der Waals surface area contributed by atoms with Gasteiger partial charge < -0.3 is 10.1 Å².